The van der Waals surface area contributed by atoms with Gasteiger partial charge >= 0.3 is 31.5 Å². The molecule has 0 aliphatic carbocycles. The monoisotopic (exact) mass is 184 g/mol. The first kappa shape index (κ1) is 10.2. The van der Waals surface area contributed by atoms with Crippen LogP contribution in [0.2, 0.25) is 0 Å². The molecule has 0 aromatic heterocycles. The number of unbranched alkanes of at least 4 members (excludes halogenated alkanes) is 1. The third-order valence-corrected chi connectivity index (χ3v) is 0.354. The van der Waals surface area contributed by atoms with Crippen LogP contribution in [0.1, 0.15) is 19.8 Å². The van der Waals surface area contributed by atoms with Gasteiger partial charge in [0, 0.05) is 0 Å². The molecule has 0 aliphatic rings. The van der Waals surface area contributed by atoms with Crippen LogP contribution in [0.4, 0.5) is 0 Å². The second-order valence-electron chi connectivity index (χ2n) is 0.854. The molecule has 0 bridgehead atoms. The van der Waals surface area contributed by atoms with Gasteiger partial charge in [-0.15, -0.1) is 0 Å². The fourth-order valence-corrected chi connectivity index (χ4v) is 0. The van der Waals surface area contributed by atoms with Gasteiger partial charge in [-0.2, -0.15) is 6.42 Å². The Morgan fingerprint density at radius 3 is 1.83 bits per heavy atom. The summed E-state index contributed by atoms with van der Waals surface area (Å²) in [5, 5.41) is 0. The molecule has 0 nitrogen and oxygen atoms in total. The van der Waals surface area contributed by atoms with Gasteiger partial charge < -0.3 is 6.92 Å². The van der Waals surface area contributed by atoms with Crippen molar-refractivity contribution in [1.29, 1.82) is 0 Å². The molecule has 0 saturated heterocycles. The molecule has 0 amide bonds. The maximum atomic E-state index is 3.60. The van der Waals surface area contributed by atoms with Crippen LogP contribution in [-0.4, -0.2) is 0 Å². The van der Waals surface area contributed by atoms with E-state index in [1.165, 1.54) is 6.42 Å². The molecular weight excluding hydrogens is 176 g/mol. The first-order valence-electron chi connectivity index (χ1n) is 1.90. The van der Waals surface area contributed by atoms with E-state index in [0.29, 0.717) is 0 Å². The van der Waals surface area contributed by atoms with E-state index in [9.17, 15) is 0 Å². The quantitative estimate of drug-likeness (QED) is 0.434. The average Bonchev–Trinajstić information content (AvgIpc) is 1.72. The van der Waals surface area contributed by atoms with Crippen LogP contribution in [0, 0.1) is 6.92 Å². The molecule has 0 aliphatic heterocycles. The fourth-order valence-electron chi connectivity index (χ4n) is 0. The Kier molecular flexibility index (Phi) is 27.9. The molecule has 0 aromatic carbocycles. The summed E-state index contributed by atoms with van der Waals surface area (Å²) in [5.41, 5.74) is 0. The van der Waals surface area contributed by atoms with E-state index in [1.807, 2.05) is 18.3 Å². The van der Waals surface area contributed by atoms with Gasteiger partial charge in [0.2, 0.25) is 0 Å². The van der Waals surface area contributed by atoms with E-state index in [0.717, 1.165) is 6.42 Å². The molecule has 0 spiro atoms. The molecule has 0 saturated carbocycles. The van der Waals surface area contributed by atoms with Crippen LogP contribution in [0.15, 0.2) is 0 Å². The van der Waals surface area contributed by atoms with E-state index >= 15 is 0 Å². The van der Waals surface area contributed by atoms with Crippen LogP contribution in [-0.2, 0) is 18.3 Å². The zero-order valence-electron chi connectivity index (χ0n) is 4.00. The van der Waals surface area contributed by atoms with Crippen molar-refractivity contribution in [2.24, 2.45) is 0 Å². The zero-order valence-corrected chi connectivity index (χ0v) is 7.15. The van der Waals surface area contributed by atoms with Gasteiger partial charge in [-0.05, 0) is 0 Å². The summed E-state index contributed by atoms with van der Waals surface area (Å²) < 4.78 is 0. The Morgan fingerprint density at radius 2 is 1.83 bits per heavy atom. The van der Waals surface area contributed by atoms with Crippen LogP contribution in [0.25, 0.3) is 0 Å². The fraction of sp³-hybridized carbons (Fsp3) is 0.750. The van der Waals surface area contributed by atoms with Crippen molar-refractivity contribution in [3.63, 3.8) is 0 Å². The van der Waals surface area contributed by atoms with Crippen molar-refractivity contribution in [3.05, 3.63) is 6.92 Å². The molecule has 0 fully saturated rings. The van der Waals surface area contributed by atoms with Gasteiger partial charge in [-0.3, -0.25) is 0 Å². The van der Waals surface area contributed by atoms with E-state index in [1.54, 1.807) is 0 Å². The summed E-state index contributed by atoms with van der Waals surface area (Å²) in [7, 11) is 0. The molecule has 0 unspecified atom stereocenters. The summed E-state index contributed by atoms with van der Waals surface area (Å²) in [6, 6.07) is 0. The number of rotatable bonds is 1. The van der Waals surface area contributed by atoms with E-state index < -0.39 is 0 Å². The van der Waals surface area contributed by atoms with Crippen molar-refractivity contribution in [3.8, 4) is 0 Å². The third kappa shape index (κ3) is 19.0. The van der Waals surface area contributed by atoms with E-state index in [2.05, 4.69) is 27.0 Å². The summed E-state index contributed by atoms with van der Waals surface area (Å²) in [6.07, 6.45) is 2.28. The predicted molar refractivity (Wildman–Crippen MR) is 29.2 cm³/mol. The van der Waals surface area contributed by atoms with Crippen LogP contribution in [0.5, 0.6) is 0 Å². The second-order valence-corrected chi connectivity index (χ2v) is 0.854. The minimum atomic E-state index is 1.07. The standard InChI is InChI=1S/C4H9.BrH.Ti/c1-3-4-2;;/h1,3-4H2,2H3;1H;/q-1;;+2/p-1. The maximum absolute atomic E-state index is 3.60. The van der Waals surface area contributed by atoms with Gasteiger partial charge in [0.05, 0.1) is 0 Å². The molecule has 0 rings (SSSR count). The van der Waals surface area contributed by atoms with Gasteiger partial charge in [-0.1, -0.05) is 13.3 Å². The van der Waals surface area contributed by atoms with Crippen molar-refractivity contribution >= 4 is 13.2 Å². The Morgan fingerprint density at radius 1 is 1.67 bits per heavy atom. The molecular formula is C4H9BrTi. The molecule has 36 valence electrons. The Bertz CT molecular complexity index is 9.51. The molecule has 2 heteroatoms. The van der Waals surface area contributed by atoms with Crippen LogP contribution in [0.3, 0.4) is 0 Å². The second kappa shape index (κ2) is 16.4. The summed E-state index contributed by atoms with van der Waals surface area (Å²) in [4.78, 5) is 0. The zero-order chi connectivity index (χ0) is 5.41. The van der Waals surface area contributed by atoms with Crippen molar-refractivity contribution < 1.29 is 18.3 Å². The summed E-state index contributed by atoms with van der Waals surface area (Å²) in [5.74, 6) is 0. The average molecular weight is 185 g/mol. The normalized spacial score (nSPS) is 5.67. The molecule has 0 heterocycles. The molecule has 6 heavy (non-hydrogen) atoms. The van der Waals surface area contributed by atoms with Gasteiger partial charge in [0.15, 0.2) is 0 Å². The summed E-state index contributed by atoms with van der Waals surface area (Å²) >= 11 is 4.75. The first-order chi connectivity index (χ1) is 2.91. The van der Waals surface area contributed by atoms with Crippen molar-refractivity contribution in [1.82, 2.24) is 0 Å². The van der Waals surface area contributed by atoms with E-state index in [-0.39, 0.29) is 0 Å². The number of halogens is 1. The number of hydrogen-bond donors (Lipinski definition) is 0. The summed E-state index contributed by atoms with van der Waals surface area (Å²) in [6.45, 7) is 5.72. The third-order valence-electron chi connectivity index (χ3n) is 0.354. The SMILES string of the molecule is [CH2-]CCC.[Ti+][Br]. The van der Waals surface area contributed by atoms with Crippen molar-refractivity contribution in [2.45, 2.75) is 19.8 Å². The topological polar surface area (TPSA) is 0 Å². The van der Waals surface area contributed by atoms with Crippen LogP contribution >= 0.6 is 13.2 Å². The van der Waals surface area contributed by atoms with Gasteiger partial charge in [-0.25, -0.2) is 0 Å². The van der Waals surface area contributed by atoms with Crippen molar-refractivity contribution in [2.75, 3.05) is 0 Å². The predicted octanol–water partition coefficient (Wildman–Crippen LogP) is 2.46. The Hall–Kier alpha value is 1.19. The minimum absolute atomic E-state index is 1.07. The molecule has 0 atom stereocenters. The molecule has 0 N–H and O–H groups in total. The van der Waals surface area contributed by atoms with Crippen LogP contribution < -0.4 is 0 Å². The first-order valence-corrected chi connectivity index (χ1v) is 5.76. The molecule has 0 radical (unpaired) electrons. The number of hydrogen-bond acceptors (Lipinski definition) is 0. The Labute approximate surface area is 58.2 Å². The molecule has 0 aromatic rings. The Balaban J connectivity index is 0. The van der Waals surface area contributed by atoms with Gasteiger partial charge in [0.1, 0.15) is 0 Å². The van der Waals surface area contributed by atoms with Gasteiger partial charge in [0.25, 0.3) is 0 Å². The van der Waals surface area contributed by atoms with E-state index in [4.69, 9.17) is 0 Å².